The van der Waals surface area contributed by atoms with Crippen LogP contribution in [0.4, 0.5) is 16.2 Å². The molecule has 156 valence electrons. The van der Waals surface area contributed by atoms with Gasteiger partial charge in [-0.05, 0) is 55.2 Å². The molecule has 0 bridgehead atoms. The molecule has 2 aromatic rings. The number of anilines is 2. The van der Waals surface area contributed by atoms with E-state index in [4.69, 9.17) is 10.5 Å². The van der Waals surface area contributed by atoms with E-state index in [1.807, 2.05) is 49.4 Å². The highest BCUT2D eigenvalue weighted by atomic mass is 35.5. The van der Waals surface area contributed by atoms with Crippen molar-refractivity contribution in [2.24, 2.45) is 5.73 Å². The van der Waals surface area contributed by atoms with Crippen LogP contribution in [0, 0.1) is 6.92 Å². The number of nitrogens with one attached hydrogen (secondary N) is 3. The van der Waals surface area contributed by atoms with Crippen LogP contribution >= 0.6 is 12.4 Å². The van der Waals surface area contributed by atoms with Crippen LogP contribution in [-0.2, 0) is 16.1 Å². The van der Waals surface area contributed by atoms with Gasteiger partial charge in [-0.25, -0.2) is 4.79 Å². The average Bonchev–Trinajstić information content (AvgIpc) is 2.67. The second-order valence-corrected chi connectivity index (χ2v) is 7.10. The van der Waals surface area contributed by atoms with Gasteiger partial charge in [0.05, 0.1) is 5.54 Å². The molecule has 8 heteroatoms. The molecule has 1 aliphatic heterocycles. The first kappa shape index (κ1) is 22.7. The normalized spacial score (nSPS) is 15.0. The van der Waals surface area contributed by atoms with Crippen LogP contribution in [0.3, 0.4) is 0 Å². The highest BCUT2D eigenvalue weighted by Crippen LogP contribution is 2.18. The van der Waals surface area contributed by atoms with Gasteiger partial charge in [-0.1, -0.05) is 24.3 Å². The van der Waals surface area contributed by atoms with Crippen molar-refractivity contribution in [3.05, 3.63) is 59.7 Å². The van der Waals surface area contributed by atoms with Crippen molar-refractivity contribution in [1.29, 1.82) is 0 Å². The van der Waals surface area contributed by atoms with Gasteiger partial charge in [-0.3, -0.25) is 4.79 Å². The Morgan fingerprint density at radius 1 is 1.03 bits per heavy atom. The number of ether oxygens (including phenoxy) is 1. The van der Waals surface area contributed by atoms with Gasteiger partial charge in [-0.15, -0.1) is 12.4 Å². The zero-order valence-electron chi connectivity index (χ0n) is 16.4. The third-order valence-corrected chi connectivity index (χ3v) is 4.75. The van der Waals surface area contributed by atoms with Crippen molar-refractivity contribution in [3.8, 4) is 0 Å². The molecule has 1 saturated heterocycles. The second kappa shape index (κ2) is 10.2. The Hall–Kier alpha value is -2.61. The van der Waals surface area contributed by atoms with E-state index in [1.165, 1.54) is 0 Å². The lowest BCUT2D eigenvalue weighted by molar-refractivity contribution is -0.129. The number of urea groups is 1. The minimum Gasteiger partial charge on any atom is -0.381 e. The minimum absolute atomic E-state index is 0. The van der Waals surface area contributed by atoms with Crippen LogP contribution in [-0.4, -0.2) is 30.7 Å². The topological polar surface area (TPSA) is 105 Å². The molecule has 0 radical (unpaired) electrons. The maximum Gasteiger partial charge on any atom is 0.323 e. The van der Waals surface area contributed by atoms with Crippen LogP contribution in [0.15, 0.2) is 48.5 Å². The monoisotopic (exact) mass is 418 g/mol. The SMILES string of the molecule is Cc1cccc(NC(=O)Nc2cccc(CNC(=O)C3(N)CCOCC3)c2)c1.Cl. The van der Waals surface area contributed by atoms with Crippen molar-refractivity contribution in [2.45, 2.75) is 31.8 Å². The highest BCUT2D eigenvalue weighted by Gasteiger charge is 2.35. The van der Waals surface area contributed by atoms with E-state index in [-0.39, 0.29) is 24.3 Å². The second-order valence-electron chi connectivity index (χ2n) is 7.10. The molecule has 0 aliphatic carbocycles. The Balaban J connectivity index is 0.00000300. The van der Waals surface area contributed by atoms with Crippen molar-refractivity contribution >= 4 is 35.7 Å². The summed E-state index contributed by atoms with van der Waals surface area (Å²) in [7, 11) is 0. The molecule has 0 saturated carbocycles. The molecule has 7 nitrogen and oxygen atoms in total. The molecule has 1 aliphatic rings. The lowest BCUT2D eigenvalue weighted by Gasteiger charge is -2.31. The van der Waals surface area contributed by atoms with E-state index in [9.17, 15) is 9.59 Å². The summed E-state index contributed by atoms with van der Waals surface area (Å²) in [5.74, 6) is -0.175. The number of carbonyl (C=O) groups excluding carboxylic acids is 2. The molecule has 3 rings (SSSR count). The van der Waals surface area contributed by atoms with E-state index in [2.05, 4.69) is 16.0 Å². The van der Waals surface area contributed by atoms with Crippen LogP contribution in [0.2, 0.25) is 0 Å². The maximum atomic E-state index is 12.4. The fraction of sp³-hybridized carbons (Fsp3) is 0.333. The number of aryl methyl sites for hydroxylation is 1. The molecule has 3 amide bonds. The summed E-state index contributed by atoms with van der Waals surface area (Å²) >= 11 is 0. The summed E-state index contributed by atoms with van der Waals surface area (Å²) in [5.41, 5.74) is 8.63. The molecule has 1 fully saturated rings. The van der Waals surface area contributed by atoms with Crippen LogP contribution < -0.4 is 21.7 Å². The number of amides is 3. The number of rotatable bonds is 5. The van der Waals surface area contributed by atoms with Crippen LogP contribution in [0.1, 0.15) is 24.0 Å². The Bertz CT molecular complexity index is 853. The zero-order chi connectivity index (χ0) is 20.0. The van der Waals surface area contributed by atoms with Crippen molar-refractivity contribution in [3.63, 3.8) is 0 Å². The standard InChI is InChI=1S/C21H26N4O3.ClH/c1-15-4-2-6-17(12-15)24-20(27)25-18-7-3-5-16(13-18)14-23-19(26)21(22)8-10-28-11-9-21;/h2-7,12-13H,8-11,14,22H2,1H3,(H,23,26)(H2,24,25,27);1H. The summed E-state index contributed by atoms with van der Waals surface area (Å²) in [6.07, 6.45) is 1.03. The van der Waals surface area contributed by atoms with Crippen LogP contribution in [0.25, 0.3) is 0 Å². The number of hydrogen-bond donors (Lipinski definition) is 4. The number of benzene rings is 2. The van der Waals surface area contributed by atoms with E-state index >= 15 is 0 Å². The number of nitrogens with two attached hydrogens (primary N) is 1. The van der Waals surface area contributed by atoms with Crippen molar-refractivity contribution in [1.82, 2.24) is 5.32 Å². The van der Waals surface area contributed by atoms with Gasteiger partial charge in [-0.2, -0.15) is 0 Å². The Morgan fingerprint density at radius 2 is 1.66 bits per heavy atom. The molecule has 0 atom stereocenters. The molecular formula is C21H27ClN4O3. The molecule has 2 aromatic carbocycles. The Morgan fingerprint density at radius 3 is 2.31 bits per heavy atom. The Kier molecular flexibility index (Phi) is 8.01. The third-order valence-electron chi connectivity index (χ3n) is 4.75. The molecular weight excluding hydrogens is 392 g/mol. The first-order valence-electron chi connectivity index (χ1n) is 9.33. The van der Waals surface area contributed by atoms with Gasteiger partial charge >= 0.3 is 6.03 Å². The van der Waals surface area contributed by atoms with Gasteiger partial charge in [0.15, 0.2) is 0 Å². The quantitative estimate of drug-likeness (QED) is 0.598. The van der Waals surface area contributed by atoms with Crippen molar-refractivity contribution in [2.75, 3.05) is 23.8 Å². The molecule has 1 heterocycles. The largest absolute Gasteiger partial charge is 0.381 e. The number of halogens is 1. The highest BCUT2D eigenvalue weighted by molar-refractivity contribution is 5.99. The molecule has 29 heavy (non-hydrogen) atoms. The molecule has 5 N–H and O–H groups in total. The molecule has 0 unspecified atom stereocenters. The minimum atomic E-state index is -0.873. The summed E-state index contributed by atoms with van der Waals surface area (Å²) in [6.45, 7) is 3.30. The lowest BCUT2D eigenvalue weighted by Crippen LogP contribution is -2.56. The summed E-state index contributed by atoms with van der Waals surface area (Å²) in [5, 5.41) is 8.49. The van der Waals surface area contributed by atoms with E-state index in [0.717, 1.165) is 16.8 Å². The van der Waals surface area contributed by atoms with Gasteiger partial charge in [0, 0.05) is 31.1 Å². The molecule has 0 spiro atoms. The maximum absolute atomic E-state index is 12.4. The van der Waals surface area contributed by atoms with Gasteiger partial charge in [0.2, 0.25) is 5.91 Å². The van der Waals surface area contributed by atoms with Crippen LogP contribution in [0.5, 0.6) is 0 Å². The summed E-state index contributed by atoms with van der Waals surface area (Å²) < 4.78 is 5.27. The van der Waals surface area contributed by atoms with E-state index < -0.39 is 5.54 Å². The zero-order valence-corrected chi connectivity index (χ0v) is 17.2. The Labute approximate surface area is 176 Å². The fourth-order valence-corrected chi connectivity index (χ4v) is 3.10. The summed E-state index contributed by atoms with van der Waals surface area (Å²) in [6, 6.07) is 14.6. The predicted molar refractivity (Wildman–Crippen MR) is 116 cm³/mol. The van der Waals surface area contributed by atoms with Crippen molar-refractivity contribution < 1.29 is 14.3 Å². The lowest BCUT2D eigenvalue weighted by atomic mass is 9.90. The smallest absolute Gasteiger partial charge is 0.323 e. The van der Waals surface area contributed by atoms with Gasteiger partial charge in [0.1, 0.15) is 0 Å². The van der Waals surface area contributed by atoms with E-state index in [1.54, 1.807) is 6.07 Å². The summed E-state index contributed by atoms with van der Waals surface area (Å²) in [4.78, 5) is 24.6. The molecule has 0 aromatic heterocycles. The first-order chi connectivity index (χ1) is 13.4. The number of carbonyl (C=O) groups is 2. The number of hydrogen-bond acceptors (Lipinski definition) is 4. The third kappa shape index (κ3) is 6.45. The first-order valence-corrected chi connectivity index (χ1v) is 9.33. The van der Waals surface area contributed by atoms with Gasteiger partial charge < -0.3 is 26.4 Å². The van der Waals surface area contributed by atoms with E-state index in [0.29, 0.717) is 38.3 Å². The van der Waals surface area contributed by atoms with Gasteiger partial charge in [0.25, 0.3) is 0 Å². The fourth-order valence-electron chi connectivity index (χ4n) is 3.10. The predicted octanol–water partition coefficient (Wildman–Crippen LogP) is 3.18. The average molecular weight is 419 g/mol.